The van der Waals surface area contributed by atoms with Crippen LogP contribution in [0.4, 0.5) is 0 Å². The predicted molar refractivity (Wildman–Crippen MR) is 56.2 cm³/mol. The van der Waals surface area contributed by atoms with E-state index >= 15 is 0 Å². The highest BCUT2D eigenvalue weighted by Crippen LogP contribution is 2.03. The van der Waals surface area contributed by atoms with Crippen LogP contribution in [0.1, 0.15) is 13.3 Å². The lowest BCUT2D eigenvalue weighted by atomic mass is 10.4. The SMILES string of the molecule is CCOCCCN1CCS(=O)(=O)CC1. The molecule has 0 aromatic heterocycles. The number of rotatable bonds is 5. The van der Waals surface area contributed by atoms with Crippen molar-refractivity contribution in [3.63, 3.8) is 0 Å². The highest BCUT2D eigenvalue weighted by molar-refractivity contribution is 7.91. The molecule has 5 heteroatoms. The molecule has 0 aromatic carbocycles. The van der Waals surface area contributed by atoms with Crippen molar-refractivity contribution < 1.29 is 13.2 Å². The zero-order valence-corrected chi connectivity index (χ0v) is 9.55. The summed E-state index contributed by atoms with van der Waals surface area (Å²) in [5.41, 5.74) is 0. The molecule has 0 bridgehead atoms. The van der Waals surface area contributed by atoms with Gasteiger partial charge in [-0.15, -0.1) is 0 Å². The third kappa shape index (κ3) is 4.39. The number of sulfone groups is 1. The largest absolute Gasteiger partial charge is 0.382 e. The summed E-state index contributed by atoms with van der Waals surface area (Å²) in [6.45, 7) is 5.85. The molecule has 0 aromatic rings. The Morgan fingerprint density at radius 2 is 1.93 bits per heavy atom. The number of hydrogen-bond acceptors (Lipinski definition) is 4. The summed E-state index contributed by atoms with van der Waals surface area (Å²) in [5.74, 6) is 0.642. The van der Waals surface area contributed by atoms with Crippen molar-refractivity contribution in [3.8, 4) is 0 Å². The summed E-state index contributed by atoms with van der Waals surface area (Å²) in [7, 11) is -2.72. The molecule has 0 spiro atoms. The van der Waals surface area contributed by atoms with Gasteiger partial charge in [-0.1, -0.05) is 0 Å². The van der Waals surface area contributed by atoms with Crippen LogP contribution in [-0.4, -0.2) is 57.7 Å². The smallest absolute Gasteiger partial charge is 0.152 e. The van der Waals surface area contributed by atoms with Crippen LogP contribution in [0.2, 0.25) is 0 Å². The average molecular weight is 221 g/mol. The first kappa shape index (κ1) is 11.9. The molecule has 1 aliphatic rings. The Balaban J connectivity index is 2.10. The lowest BCUT2D eigenvalue weighted by molar-refractivity contribution is 0.133. The van der Waals surface area contributed by atoms with Gasteiger partial charge < -0.3 is 9.64 Å². The lowest BCUT2D eigenvalue weighted by Gasteiger charge is -2.26. The topological polar surface area (TPSA) is 46.6 Å². The Morgan fingerprint density at radius 3 is 2.50 bits per heavy atom. The summed E-state index contributed by atoms with van der Waals surface area (Å²) in [6.07, 6.45) is 0.994. The summed E-state index contributed by atoms with van der Waals surface area (Å²) in [5, 5.41) is 0. The minimum atomic E-state index is -2.72. The van der Waals surface area contributed by atoms with E-state index in [1.165, 1.54) is 0 Å². The van der Waals surface area contributed by atoms with Crippen molar-refractivity contribution in [2.75, 3.05) is 44.4 Å². The van der Waals surface area contributed by atoms with Crippen LogP contribution in [0, 0.1) is 0 Å². The molecule has 4 nitrogen and oxygen atoms in total. The maximum atomic E-state index is 11.1. The van der Waals surface area contributed by atoms with Gasteiger partial charge in [0.2, 0.25) is 0 Å². The molecule has 1 aliphatic heterocycles. The number of ether oxygens (including phenoxy) is 1. The summed E-state index contributed by atoms with van der Waals surface area (Å²) in [6, 6.07) is 0. The highest BCUT2D eigenvalue weighted by atomic mass is 32.2. The fourth-order valence-electron chi connectivity index (χ4n) is 1.51. The molecular weight excluding hydrogens is 202 g/mol. The molecule has 0 atom stereocenters. The second-order valence-corrected chi connectivity index (χ2v) is 5.85. The normalized spacial score (nSPS) is 22.4. The molecular formula is C9H19NO3S. The van der Waals surface area contributed by atoms with Crippen molar-refractivity contribution in [2.24, 2.45) is 0 Å². The van der Waals surface area contributed by atoms with E-state index < -0.39 is 9.84 Å². The Hall–Kier alpha value is -0.130. The zero-order chi connectivity index (χ0) is 10.4. The quantitative estimate of drug-likeness (QED) is 0.620. The second-order valence-electron chi connectivity index (χ2n) is 3.54. The molecule has 84 valence electrons. The molecule has 1 rings (SSSR count). The van der Waals surface area contributed by atoms with Gasteiger partial charge in [-0.05, 0) is 13.3 Å². The van der Waals surface area contributed by atoms with E-state index in [1.807, 2.05) is 6.92 Å². The van der Waals surface area contributed by atoms with E-state index in [-0.39, 0.29) is 0 Å². The molecule has 0 amide bonds. The minimum absolute atomic E-state index is 0.321. The van der Waals surface area contributed by atoms with Crippen LogP contribution in [0.15, 0.2) is 0 Å². The van der Waals surface area contributed by atoms with E-state index in [4.69, 9.17) is 4.74 Å². The van der Waals surface area contributed by atoms with Crippen LogP contribution in [0.25, 0.3) is 0 Å². The lowest BCUT2D eigenvalue weighted by Crippen LogP contribution is -2.40. The Morgan fingerprint density at radius 1 is 1.29 bits per heavy atom. The first-order valence-corrected chi connectivity index (χ1v) is 6.97. The van der Waals surface area contributed by atoms with Crippen LogP contribution < -0.4 is 0 Å². The summed E-state index contributed by atoms with van der Waals surface area (Å²) in [4.78, 5) is 2.19. The first-order valence-electron chi connectivity index (χ1n) is 5.14. The Labute approximate surface area is 86.2 Å². The molecule has 0 N–H and O–H groups in total. The molecule has 1 heterocycles. The summed E-state index contributed by atoms with van der Waals surface area (Å²) >= 11 is 0. The third-order valence-electron chi connectivity index (χ3n) is 2.40. The molecule has 1 fully saturated rings. The fourth-order valence-corrected chi connectivity index (χ4v) is 2.79. The number of nitrogens with zero attached hydrogens (tertiary/aromatic N) is 1. The van der Waals surface area contributed by atoms with Crippen LogP contribution >= 0.6 is 0 Å². The van der Waals surface area contributed by atoms with E-state index in [2.05, 4.69) is 4.90 Å². The molecule has 1 saturated heterocycles. The van der Waals surface area contributed by atoms with Gasteiger partial charge in [0, 0.05) is 32.8 Å². The molecule has 14 heavy (non-hydrogen) atoms. The molecule has 0 radical (unpaired) electrons. The van der Waals surface area contributed by atoms with Crippen molar-refractivity contribution in [1.29, 1.82) is 0 Å². The Kier molecular flexibility index (Phi) is 4.84. The third-order valence-corrected chi connectivity index (χ3v) is 4.01. The van der Waals surface area contributed by atoms with Gasteiger partial charge in [-0.3, -0.25) is 0 Å². The van der Waals surface area contributed by atoms with E-state index in [0.29, 0.717) is 24.6 Å². The van der Waals surface area contributed by atoms with Gasteiger partial charge >= 0.3 is 0 Å². The number of hydrogen-bond donors (Lipinski definition) is 0. The standard InChI is InChI=1S/C9H19NO3S/c1-2-13-7-3-4-10-5-8-14(11,12)9-6-10/h2-9H2,1H3. The van der Waals surface area contributed by atoms with Gasteiger partial charge in [0.1, 0.15) is 0 Å². The van der Waals surface area contributed by atoms with Gasteiger partial charge in [0.15, 0.2) is 9.84 Å². The maximum absolute atomic E-state index is 11.1. The van der Waals surface area contributed by atoms with Crippen molar-refractivity contribution >= 4 is 9.84 Å². The van der Waals surface area contributed by atoms with Crippen molar-refractivity contribution in [1.82, 2.24) is 4.90 Å². The highest BCUT2D eigenvalue weighted by Gasteiger charge is 2.20. The minimum Gasteiger partial charge on any atom is -0.382 e. The molecule has 0 aliphatic carbocycles. The van der Waals surface area contributed by atoms with Gasteiger partial charge in [-0.25, -0.2) is 8.42 Å². The second kappa shape index (κ2) is 5.68. The van der Waals surface area contributed by atoms with Gasteiger partial charge in [0.05, 0.1) is 11.5 Å². The first-order chi connectivity index (χ1) is 6.64. The van der Waals surface area contributed by atoms with E-state index in [1.54, 1.807) is 0 Å². The molecule has 0 unspecified atom stereocenters. The summed E-state index contributed by atoms with van der Waals surface area (Å²) < 4.78 is 27.5. The van der Waals surface area contributed by atoms with Crippen LogP contribution in [-0.2, 0) is 14.6 Å². The zero-order valence-electron chi connectivity index (χ0n) is 8.74. The maximum Gasteiger partial charge on any atom is 0.152 e. The van der Waals surface area contributed by atoms with Crippen molar-refractivity contribution in [2.45, 2.75) is 13.3 Å². The van der Waals surface area contributed by atoms with Crippen LogP contribution in [0.5, 0.6) is 0 Å². The average Bonchev–Trinajstić information content (AvgIpc) is 2.15. The van der Waals surface area contributed by atoms with E-state index in [9.17, 15) is 8.42 Å². The van der Waals surface area contributed by atoms with Gasteiger partial charge in [-0.2, -0.15) is 0 Å². The van der Waals surface area contributed by atoms with Crippen LogP contribution in [0.3, 0.4) is 0 Å². The Bertz CT molecular complexity index is 237. The monoisotopic (exact) mass is 221 g/mol. The van der Waals surface area contributed by atoms with E-state index in [0.717, 1.165) is 26.2 Å². The predicted octanol–water partition coefficient (Wildman–Crippen LogP) is 0.143. The van der Waals surface area contributed by atoms with Crippen molar-refractivity contribution in [3.05, 3.63) is 0 Å². The molecule has 0 saturated carbocycles. The van der Waals surface area contributed by atoms with Gasteiger partial charge in [0.25, 0.3) is 0 Å². The fraction of sp³-hybridized carbons (Fsp3) is 1.00.